The molecule has 0 aliphatic carbocycles. The minimum atomic E-state index is -1.22. The van der Waals surface area contributed by atoms with Gasteiger partial charge in [-0.1, -0.05) is 0 Å². The maximum atomic E-state index is 11.5. The topological polar surface area (TPSA) is 104 Å². The van der Waals surface area contributed by atoms with Gasteiger partial charge in [0.15, 0.2) is 0 Å². The molecule has 0 rings (SSSR count). The van der Waals surface area contributed by atoms with Gasteiger partial charge in [0.2, 0.25) is 0 Å². The van der Waals surface area contributed by atoms with E-state index in [1.807, 2.05) is 0 Å². The summed E-state index contributed by atoms with van der Waals surface area (Å²) in [5.74, 6) is -2.43. The first-order valence-electron chi connectivity index (χ1n) is 5.08. The molecule has 0 spiro atoms. The van der Waals surface area contributed by atoms with E-state index in [0.717, 1.165) is 17.3 Å². The van der Waals surface area contributed by atoms with E-state index in [4.69, 9.17) is 10.2 Å². The van der Waals surface area contributed by atoms with Crippen LogP contribution in [0.2, 0.25) is 0 Å². The number of carboxylic acids is 2. The molecule has 7 heteroatoms. The molecule has 0 unspecified atom stereocenters. The second-order valence-corrected chi connectivity index (χ2v) is 3.34. The SMILES string of the molecule is CCOC(=O)N(C=C(C)C(=O)O)/C=C(\C)C(=O)O. The molecule has 0 aliphatic rings. The molecule has 0 aromatic carbocycles. The molecular formula is C11H15NO6. The van der Waals surface area contributed by atoms with Gasteiger partial charge in [0.05, 0.1) is 17.8 Å². The van der Waals surface area contributed by atoms with Crippen molar-refractivity contribution in [1.29, 1.82) is 0 Å². The number of aliphatic carboxylic acids is 2. The third-order valence-electron chi connectivity index (χ3n) is 1.82. The van der Waals surface area contributed by atoms with E-state index >= 15 is 0 Å². The molecule has 0 fully saturated rings. The Kier molecular flexibility index (Phi) is 6.19. The number of ether oxygens (including phenoxy) is 1. The zero-order valence-electron chi connectivity index (χ0n) is 10.3. The first-order valence-corrected chi connectivity index (χ1v) is 5.08. The number of carbonyl (C=O) groups is 3. The van der Waals surface area contributed by atoms with Crippen LogP contribution in [0.25, 0.3) is 0 Å². The summed E-state index contributed by atoms with van der Waals surface area (Å²) in [6.45, 7) is 4.23. The molecule has 0 aromatic rings. The molecule has 2 N–H and O–H groups in total. The molecule has 0 aromatic heterocycles. The first kappa shape index (κ1) is 15.7. The van der Waals surface area contributed by atoms with E-state index in [9.17, 15) is 14.4 Å². The molecule has 0 heterocycles. The molecule has 0 saturated heterocycles. The van der Waals surface area contributed by atoms with Gasteiger partial charge >= 0.3 is 18.0 Å². The molecule has 0 saturated carbocycles. The summed E-state index contributed by atoms with van der Waals surface area (Å²) < 4.78 is 4.68. The van der Waals surface area contributed by atoms with Gasteiger partial charge in [0.1, 0.15) is 0 Å². The summed E-state index contributed by atoms with van der Waals surface area (Å²) in [5.41, 5.74) is -0.255. The number of hydrogen-bond acceptors (Lipinski definition) is 4. The van der Waals surface area contributed by atoms with Gasteiger partial charge in [-0.05, 0) is 20.8 Å². The smallest absolute Gasteiger partial charge is 0.417 e. The lowest BCUT2D eigenvalue weighted by molar-refractivity contribution is -0.133. The predicted octanol–water partition coefficient (Wildman–Crippen LogP) is 1.42. The monoisotopic (exact) mass is 257 g/mol. The van der Waals surface area contributed by atoms with Crippen LogP contribution >= 0.6 is 0 Å². The summed E-state index contributed by atoms with van der Waals surface area (Å²) >= 11 is 0. The van der Waals surface area contributed by atoms with Gasteiger partial charge in [-0.2, -0.15) is 0 Å². The van der Waals surface area contributed by atoms with Crippen molar-refractivity contribution in [3.05, 3.63) is 23.5 Å². The lowest BCUT2D eigenvalue weighted by atomic mass is 10.3. The van der Waals surface area contributed by atoms with Gasteiger partial charge in [-0.25, -0.2) is 14.4 Å². The van der Waals surface area contributed by atoms with Crippen molar-refractivity contribution in [3.8, 4) is 0 Å². The fourth-order valence-corrected chi connectivity index (χ4v) is 0.868. The maximum Gasteiger partial charge on any atom is 0.417 e. The van der Waals surface area contributed by atoms with Gasteiger partial charge in [0.25, 0.3) is 0 Å². The highest BCUT2D eigenvalue weighted by Crippen LogP contribution is 2.05. The number of carboxylic acid groups (broad SMARTS) is 2. The van der Waals surface area contributed by atoms with E-state index in [1.54, 1.807) is 6.92 Å². The highest BCUT2D eigenvalue weighted by Gasteiger charge is 2.14. The molecule has 0 bridgehead atoms. The number of rotatable bonds is 5. The number of amides is 1. The molecule has 7 nitrogen and oxygen atoms in total. The number of carbonyl (C=O) groups excluding carboxylic acids is 1. The first-order chi connectivity index (χ1) is 8.29. The second kappa shape index (κ2) is 7.10. The van der Waals surface area contributed by atoms with Crippen LogP contribution in [0.4, 0.5) is 4.79 Å². The number of hydrogen-bond donors (Lipinski definition) is 2. The Morgan fingerprint density at radius 3 is 1.72 bits per heavy atom. The van der Waals surface area contributed by atoms with Crippen molar-refractivity contribution in [2.45, 2.75) is 20.8 Å². The van der Waals surface area contributed by atoms with Crippen molar-refractivity contribution in [1.82, 2.24) is 4.90 Å². The molecule has 1 amide bonds. The van der Waals surface area contributed by atoms with E-state index in [0.29, 0.717) is 0 Å². The molecule has 0 radical (unpaired) electrons. The van der Waals surface area contributed by atoms with Crippen LogP contribution in [0.5, 0.6) is 0 Å². The third kappa shape index (κ3) is 5.15. The van der Waals surface area contributed by atoms with E-state index in [1.165, 1.54) is 13.8 Å². The Morgan fingerprint density at radius 1 is 1.06 bits per heavy atom. The van der Waals surface area contributed by atoms with Gasteiger partial charge in [-0.3, -0.25) is 4.90 Å². The third-order valence-corrected chi connectivity index (χ3v) is 1.82. The van der Waals surface area contributed by atoms with Crippen LogP contribution < -0.4 is 0 Å². The van der Waals surface area contributed by atoms with Crippen LogP contribution in [0, 0.1) is 0 Å². The van der Waals surface area contributed by atoms with Crippen LogP contribution in [0.3, 0.4) is 0 Å². The summed E-state index contributed by atoms with van der Waals surface area (Å²) in [4.78, 5) is 33.6. The average molecular weight is 257 g/mol. The average Bonchev–Trinajstić information content (AvgIpc) is 2.27. The van der Waals surface area contributed by atoms with Gasteiger partial charge in [-0.15, -0.1) is 0 Å². The maximum absolute atomic E-state index is 11.5. The number of nitrogens with zero attached hydrogens (tertiary/aromatic N) is 1. The minimum absolute atomic E-state index is 0.0925. The Balaban J connectivity index is 5.25. The predicted molar refractivity (Wildman–Crippen MR) is 61.6 cm³/mol. The van der Waals surface area contributed by atoms with Crippen LogP contribution in [-0.2, 0) is 14.3 Å². The van der Waals surface area contributed by atoms with Crippen molar-refractivity contribution in [2.24, 2.45) is 0 Å². The van der Waals surface area contributed by atoms with Crippen LogP contribution in [-0.4, -0.2) is 39.8 Å². The summed E-state index contributed by atoms with van der Waals surface area (Å²) in [6.07, 6.45) is 1.14. The highest BCUT2D eigenvalue weighted by molar-refractivity contribution is 5.88. The van der Waals surface area contributed by atoms with Crippen molar-refractivity contribution in [2.75, 3.05) is 6.61 Å². The Bertz CT molecular complexity index is 380. The van der Waals surface area contributed by atoms with Crippen molar-refractivity contribution < 1.29 is 29.3 Å². The highest BCUT2D eigenvalue weighted by atomic mass is 16.6. The zero-order chi connectivity index (χ0) is 14.3. The minimum Gasteiger partial charge on any atom is -0.478 e. The largest absolute Gasteiger partial charge is 0.478 e. The standard InChI is InChI=1S/C11H15NO6/c1-4-18-11(17)12(5-7(2)9(13)14)6-8(3)10(15)16/h5-6H,4H2,1-3H3,(H,13,14)(H,15,16)/b7-5+,8-6?. The quantitative estimate of drug-likeness (QED) is 0.722. The molecule has 0 aliphatic heterocycles. The molecule has 100 valence electrons. The van der Waals surface area contributed by atoms with Crippen molar-refractivity contribution in [3.63, 3.8) is 0 Å². The Morgan fingerprint density at radius 2 is 1.44 bits per heavy atom. The normalized spacial score (nSPS) is 11.9. The molecule has 0 atom stereocenters. The Labute approximate surface area is 104 Å². The fourth-order valence-electron chi connectivity index (χ4n) is 0.868. The molecular weight excluding hydrogens is 242 g/mol. The van der Waals surface area contributed by atoms with E-state index < -0.39 is 18.0 Å². The van der Waals surface area contributed by atoms with Gasteiger partial charge < -0.3 is 14.9 Å². The van der Waals surface area contributed by atoms with Gasteiger partial charge in [0, 0.05) is 12.4 Å². The lowest BCUT2D eigenvalue weighted by Crippen LogP contribution is -2.23. The van der Waals surface area contributed by atoms with Crippen LogP contribution in [0.15, 0.2) is 23.5 Å². The van der Waals surface area contributed by atoms with E-state index in [-0.39, 0.29) is 17.8 Å². The second-order valence-electron chi connectivity index (χ2n) is 3.34. The van der Waals surface area contributed by atoms with E-state index in [2.05, 4.69) is 4.74 Å². The summed E-state index contributed by atoms with van der Waals surface area (Å²) in [6, 6.07) is 0. The zero-order valence-corrected chi connectivity index (χ0v) is 10.3. The Hall–Kier alpha value is -2.31. The van der Waals surface area contributed by atoms with Crippen molar-refractivity contribution >= 4 is 18.0 Å². The fraction of sp³-hybridized carbons (Fsp3) is 0.364. The summed E-state index contributed by atoms with van der Waals surface area (Å²) in [7, 11) is 0. The van der Waals surface area contributed by atoms with Crippen LogP contribution in [0.1, 0.15) is 20.8 Å². The summed E-state index contributed by atoms with van der Waals surface area (Å²) in [5, 5.41) is 17.4. The molecule has 18 heavy (non-hydrogen) atoms. The lowest BCUT2D eigenvalue weighted by Gasteiger charge is -2.14.